The first kappa shape index (κ1) is 16.6. The molecule has 0 spiro atoms. The number of benzene rings is 1. The van der Waals surface area contributed by atoms with Gasteiger partial charge in [0.2, 0.25) is 0 Å². The van der Waals surface area contributed by atoms with Crippen molar-refractivity contribution in [2.75, 3.05) is 18.6 Å². The second kappa shape index (κ2) is 8.67. The minimum atomic E-state index is -2.66. The van der Waals surface area contributed by atoms with E-state index in [0.717, 1.165) is 5.56 Å². The fourth-order valence-electron chi connectivity index (χ4n) is 1.10. The molecule has 0 N–H and O–H groups in total. The molecule has 1 unspecified atom stereocenters. The van der Waals surface area contributed by atoms with Crippen LogP contribution in [0.1, 0.15) is 25.5 Å². The SMILES string of the molecule is CCS(=O)(=O)CC.COC(C#N)c1ccccc1. The maximum absolute atomic E-state index is 10.4. The van der Waals surface area contributed by atoms with Gasteiger partial charge in [0.05, 0.1) is 6.07 Å². The normalized spacial score (nSPS) is 11.9. The van der Waals surface area contributed by atoms with Crippen LogP contribution in [0.5, 0.6) is 0 Å². The Morgan fingerprint density at radius 3 is 2.00 bits per heavy atom. The summed E-state index contributed by atoms with van der Waals surface area (Å²) in [6.45, 7) is 3.30. The highest BCUT2D eigenvalue weighted by Crippen LogP contribution is 2.13. The molecule has 1 rings (SSSR count). The van der Waals surface area contributed by atoms with Gasteiger partial charge in [-0.1, -0.05) is 44.2 Å². The maximum atomic E-state index is 10.4. The van der Waals surface area contributed by atoms with Crippen molar-refractivity contribution >= 4 is 9.84 Å². The number of hydrogen-bond donors (Lipinski definition) is 0. The highest BCUT2D eigenvalue weighted by molar-refractivity contribution is 7.91. The zero-order valence-electron chi connectivity index (χ0n) is 11.0. The summed E-state index contributed by atoms with van der Waals surface area (Å²) in [6, 6.07) is 11.5. The van der Waals surface area contributed by atoms with Crippen LogP contribution in [0.4, 0.5) is 0 Å². The molecular formula is C13H19NO3S. The lowest BCUT2D eigenvalue weighted by Crippen LogP contribution is -2.04. The largest absolute Gasteiger partial charge is 0.362 e. The Hall–Kier alpha value is -1.38. The molecule has 4 nitrogen and oxygen atoms in total. The molecule has 0 fully saturated rings. The fourth-order valence-corrected chi connectivity index (χ4v) is 1.50. The summed E-state index contributed by atoms with van der Waals surface area (Å²) >= 11 is 0. The van der Waals surface area contributed by atoms with E-state index in [0.29, 0.717) is 0 Å². The Morgan fingerprint density at radius 1 is 1.22 bits per heavy atom. The Bertz CT molecular complexity index is 453. The van der Waals surface area contributed by atoms with E-state index in [4.69, 9.17) is 10.00 Å². The van der Waals surface area contributed by atoms with Crippen LogP contribution in [-0.2, 0) is 14.6 Å². The van der Waals surface area contributed by atoms with Crippen molar-refractivity contribution in [3.63, 3.8) is 0 Å². The van der Waals surface area contributed by atoms with E-state index in [1.807, 2.05) is 36.4 Å². The average Bonchev–Trinajstić information content (AvgIpc) is 2.42. The van der Waals surface area contributed by atoms with E-state index in [1.54, 1.807) is 13.8 Å². The smallest absolute Gasteiger partial charge is 0.168 e. The molecule has 18 heavy (non-hydrogen) atoms. The fraction of sp³-hybridized carbons (Fsp3) is 0.462. The molecule has 100 valence electrons. The number of sulfone groups is 1. The van der Waals surface area contributed by atoms with Gasteiger partial charge in [0, 0.05) is 18.6 Å². The Labute approximate surface area is 109 Å². The van der Waals surface area contributed by atoms with Crippen molar-refractivity contribution in [3.8, 4) is 6.07 Å². The molecule has 5 heteroatoms. The molecule has 0 saturated carbocycles. The van der Waals surface area contributed by atoms with Crippen LogP contribution in [0, 0.1) is 11.3 Å². The number of methoxy groups -OCH3 is 1. The van der Waals surface area contributed by atoms with Crippen LogP contribution in [0.15, 0.2) is 30.3 Å². The highest BCUT2D eigenvalue weighted by Gasteiger charge is 2.05. The molecule has 0 saturated heterocycles. The summed E-state index contributed by atoms with van der Waals surface area (Å²) in [5.74, 6) is 0.535. The molecule has 1 atom stereocenters. The third-order valence-electron chi connectivity index (χ3n) is 2.33. The molecule has 0 aromatic heterocycles. The third kappa shape index (κ3) is 6.38. The topological polar surface area (TPSA) is 67.2 Å². The summed E-state index contributed by atoms with van der Waals surface area (Å²) in [7, 11) is -1.13. The second-order valence-electron chi connectivity index (χ2n) is 3.48. The molecule has 0 aliphatic carbocycles. The van der Waals surface area contributed by atoms with Crippen molar-refractivity contribution in [3.05, 3.63) is 35.9 Å². The zero-order valence-corrected chi connectivity index (χ0v) is 11.8. The summed E-state index contributed by atoms with van der Waals surface area (Å²) in [6.07, 6.45) is -0.434. The zero-order chi connectivity index (χ0) is 14.0. The van der Waals surface area contributed by atoms with E-state index in [9.17, 15) is 8.42 Å². The Balaban J connectivity index is 0.000000360. The standard InChI is InChI=1S/C9H9NO.C4H10O2S/c1-11-9(7-10)8-5-3-2-4-6-8;1-3-7(5,6)4-2/h2-6,9H,1H3;3-4H2,1-2H3. The van der Waals surface area contributed by atoms with Crippen molar-refractivity contribution in [1.82, 2.24) is 0 Å². The van der Waals surface area contributed by atoms with Crippen LogP contribution in [0.3, 0.4) is 0 Å². The van der Waals surface area contributed by atoms with Gasteiger partial charge in [0.1, 0.15) is 9.84 Å². The average molecular weight is 269 g/mol. The predicted molar refractivity (Wildman–Crippen MR) is 71.8 cm³/mol. The minimum Gasteiger partial charge on any atom is -0.362 e. The van der Waals surface area contributed by atoms with Crippen molar-refractivity contribution in [2.45, 2.75) is 20.0 Å². The predicted octanol–water partition coefficient (Wildman–Crippen LogP) is 2.34. The van der Waals surface area contributed by atoms with E-state index in [1.165, 1.54) is 7.11 Å². The number of rotatable bonds is 4. The van der Waals surface area contributed by atoms with Crippen molar-refractivity contribution in [1.29, 1.82) is 5.26 Å². The van der Waals surface area contributed by atoms with E-state index >= 15 is 0 Å². The summed E-state index contributed by atoms with van der Waals surface area (Å²) in [5.41, 5.74) is 0.900. The first-order valence-electron chi connectivity index (χ1n) is 5.68. The Morgan fingerprint density at radius 2 is 1.72 bits per heavy atom. The number of hydrogen-bond acceptors (Lipinski definition) is 4. The summed E-state index contributed by atoms with van der Waals surface area (Å²) < 4.78 is 25.7. The Kier molecular flexibility index (Phi) is 8.01. The van der Waals surface area contributed by atoms with Gasteiger partial charge in [-0.25, -0.2) is 8.42 Å². The van der Waals surface area contributed by atoms with Gasteiger partial charge in [0.25, 0.3) is 0 Å². The van der Waals surface area contributed by atoms with Gasteiger partial charge in [0.15, 0.2) is 6.10 Å². The third-order valence-corrected chi connectivity index (χ3v) is 4.09. The molecule has 0 heterocycles. The molecule has 0 aliphatic heterocycles. The summed E-state index contributed by atoms with van der Waals surface area (Å²) in [5, 5.41) is 8.60. The lowest BCUT2D eigenvalue weighted by Gasteiger charge is -2.05. The molecule has 1 aromatic carbocycles. The second-order valence-corrected chi connectivity index (χ2v) is 6.12. The lowest BCUT2D eigenvalue weighted by atomic mass is 10.1. The van der Waals surface area contributed by atoms with Crippen molar-refractivity contribution < 1.29 is 13.2 Å². The van der Waals surface area contributed by atoms with Gasteiger partial charge in [-0.2, -0.15) is 5.26 Å². The molecule has 1 aromatic rings. The van der Waals surface area contributed by atoms with Crippen LogP contribution in [-0.4, -0.2) is 27.0 Å². The van der Waals surface area contributed by atoms with Gasteiger partial charge in [-0.3, -0.25) is 0 Å². The van der Waals surface area contributed by atoms with E-state index in [-0.39, 0.29) is 11.5 Å². The first-order chi connectivity index (χ1) is 8.50. The summed E-state index contributed by atoms with van der Waals surface area (Å²) in [4.78, 5) is 0. The molecular weight excluding hydrogens is 250 g/mol. The highest BCUT2D eigenvalue weighted by atomic mass is 32.2. The van der Waals surface area contributed by atoms with Crippen LogP contribution < -0.4 is 0 Å². The monoisotopic (exact) mass is 269 g/mol. The molecule has 0 aliphatic rings. The van der Waals surface area contributed by atoms with Gasteiger partial charge in [-0.05, 0) is 5.56 Å². The number of ether oxygens (including phenoxy) is 1. The minimum absolute atomic E-state index is 0.267. The van der Waals surface area contributed by atoms with Crippen LogP contribution in [0.2, 0.25) is 0 Å². The van der Waals surface area contributed by atoms with Crippen molar-refractivity contribution in [2.24, 2.45) is 0 Å². The van der Waals surface area contributed by atoms with E-state index in [2.05, 4.69) is 0 Å². The van der Waals surface area contributed by atoms with Gasteiger partial charge >= 0.3 is 0 Å². The molecule has 0 radical (unpaired) electrons. The lowest BCUT2D eigenvalue weighted by molar-refractivity contribution is 0.148. The quantitative estimate of drug-likeness (QED) is 0.841. The number of nitrogens with zero attached hydrogens (tertiary/aromatic N) is 1. The first-order valence-corrected chi connectivity index (χ1v) is 7.50. The number of nitriles is 1. The maximum Gasteiger partial charge on any atom is 0.168 e. The van der Waals surface area contributed by atoms with Crippen LogP contribution >= 0.6 is 0 Å². The molecule has 0 bridgehead atoms. The van der Waals surface area contributed by atoms with Gasteiger partial charge in [-0.15, -0.1) is 0 Å². The van der Waals surface area contributed by atoms with Gasteiger partial charge < -0.3 is 4.74 Å². The molecule has 0 amide bonds. The van der Waals surface area contributed by atoms with Crippen LogP contribution in [0.25, 0.3) is 0 Å². The van der Waals surface area contributed by atoms with E-state index < -0.39 is 15.9 Å².